The molecule has 0 radical (unpaired) electrons. The third kappa shape index (κ3) is 2.23. The summed E-state index contributed by atoms with van der Waals surface area (Å²) in [6.07, 6.45) is 6.27. The number of carboxylic acid groups (broad SMARTS) is 1. The largest absolute Gasteiger partial charge is 0.481 e. The number of hydrogen-bond acceptors (Lipinski definition) is 3. The predicted octanol–water partition coefficient (Wildman–Crippen LogP) is 1.91. The monoisotopic (exact) mass is 257 g/mol. The van der Waals surface area contributed by atoms with Crippen molar-refractivity contribution in [2.24, 2.45) is 0 Å². The minimum atomic E-state index is -0.779. The van der Waals surface area contributed by atoms with E-state index < -0.39 is 5.97 Å². The zero-order chi connectivity index (χ0) is 13.2. The number of nitrogens with zero attached hydrogens (tertiary/aromatic N) is 3. The summed E-state index contributed by atoms with van der Waals surface area (Å²) in [5, 5.41) is 8.80. The average Bonchev–Trinajstić information content (AvgIpc) is 2.99. The summed E-state index contributed by atoms with van der Waals surface area (Å²) in [4.78, 5) is 19.5. The van der Waals surface area contributed by atoms with E-state index in [1.54, 1.807) is 6.20 Å². The van der Waals surface area contributed by atoms with Gasteiger partial charge in [-0.1, -0.05) is 0 Å². The summed E-state index contributed by atoms with van der Waals surface area (Å²) >= 11 is 0. The Bertz CT molecular complexity index is 605. The van der Waals surface area contributed by atoms with Gasteiger partial charge in [-0.05, 0) is 25.0 Å². The van der Waals surface area contributed by atoms with Crippen LogP contribution in [0.1, 0.15) is 24.4 Å². The van der Waals surface area contributed by atoms with Gasteiger partial charge >= 0.3 is 5.97 Å². The molecule has 2 aromatic rings. The Kier molecular flexibility index (Phi) is 3.03. The van der Waals surface area contributed by atoms with Gasteiger partial charge in [0.25, 0.3) is 0 Å². The molecule has 0 aliphatic carbocycles. The molecule has 98 valence electrons. The molecular weight excluding hydrogens is 242 g/mol. The Balaban J connectivity index is 1.98. The highest BCUT2D eigenvalue weighted by molar-refractivity contribution is 5.67. The fourth-order valence-corrected chi connectivity index (χ4v) is 2.60. The molecule has 0 bridgehead atoms. The van der Waals surface area contributed by atoms with Gasteiger partial charge in [-0.2, -0.15) is 0 Å². The molecule has 1 aliphatic rings. The smallest absolute Gasteiger partial charge is 0.303 e. The Labute approximate surface area is 110 Å². The lowest BCUT2D eigenvalue weighted by atomic mass is 10.1. The Morgan fingerprint density at radius 1 is 1.47 bits per heavy atom. The average molecular weight is 257 g/mol. The zero-order valence-electron chi connectivity index (χ0n) is 10.5. The van der Waals surface area contributed by atoms with E-state index in [0.717, 1.165) is 36.5 Å². The van der Waals surface area contributed by atoms with Gasteiger partial charge in [0.2, 0.25) is 0 Å². The van der Waals surface area contributed by atoms with Gasteiger partial charge in [-0.3, -0.25) is 9.78 Å². The van der Waals surface area contributed by atoms with Crippen LogP contribution in [0, 0.1) is 0 Å². The lowest BCUT2D eigenvalue weighted by Gasteiger charge is -2.01. The number of carboxylic acids is 1. The highest BCUT2D eigenvalue weighted by Gasteiger charge is 2.22. The lowest BCUT2D eigenvalue weighted by Crippen LogP contribution is -2.04. The van der Waals surface area contributed by atoms with Crippen molar-refractivity contribution in [1.82, 2.24) is 14.5 Å². The molecule has 5 nitrogen and oxygen atoms in total. The summed E-state index contributed by atoms with van der Waals surface area (Å²) in [6, 6.07) is 3.89. The van der Waals surface area contributed by atoms with E-state index >= 15 is 0 Å². The minimum Gasteiger partial charge on any atom is -0.481 e. The highest BCUT2D eigenvalue weighted by Crippen LogP contribution is 2.29. The van der Waals surface area contributed by atoms with Crippen molar-refractivity contribution < 1.29 is 9.90 Å². The first-order valence-corrected chi connectivity index (χ1v) is 6.46. The molecule has 0 amide bonds. The van der Waals surface area contributed by atoms with Gasteiger partial charge in [-0.25, -0.2) is 4.98 Å². The van der Waals surface area contributed by atoms with Crippen LogP contribution in [0.2, 0.25) is 0 Å². The van der Waals surface area contributed by atoms with Crippen LogP contribution in [0.4, 0.5) is 0 Å². The molecule has 0 saturated carbocycles. The first kappa shape index (κ1) is 11.9. The number of carbonyl (C=O) groups is 1. The Morgan fingerprint density at radius 2 is 2.37 bits per heavy atom. The van der Waals surface area contributed by atoms with E-state index in [0.29, 0.717) is 6.42 Å². The van der Waals surface area contributed by atoms with Crippen LogP contribution >= 0.6 is 0 Å². The molecule has 19 heavy (non-hydrogen) atoms. The van der Waals surface area contributed by atoms with Crippen LogP contribution in [0.3, 0.4) is 0 Å². The predicted molar refractivity (Wildman–Crippen MR) is 69.7 cm³/mol. The molecule has 0 saturated heterocycles. The number of pyridine rings is 1. The summed E-state index contributed by atoms with van der Waals surface area (Å²) in [6.45, 7) is 0.942. The van der Waals surface area contributed by atoms with E-state index in [1.807, 2.05) is 18.3 Å². The summed E-state index contributed by atoms with van der Waals surface area (Å²) in [5.74, 6) is 0.104. The van der Waals surface area contributed by atoms with Gasteiger partial charge < -0.3 is 9.67 Å². The molecule has 3 rings (SSSR count). The number of aromatic nitrogens is 3. The molecule has 0 fully saturated rings. The quantitative estimate of drug-likeness (QED) is 0.908. The van der Waals surface area contributed by atoms with Crippen molar-refractivity contribution in [3.05, 3.63) is 36.0 Å². The van der Waals surface area contributed by atoms with Crippen molar-refractivity contribution in [3.8, 4) is 11.3 Å². The van der Waals surface area contributed by atoms with Gasteiger partial charge in [0, 0.05) is 36.6 Å². The van der Waals surface area contributed by atoms with Gasteiger partial charge in [0.05, 0.1) is 12.1 Å². The maximum Gasteiger partial charge on any atom is 0.303 e. The lowest BCUT2D eigenvalue weighted by molar-refractivity contribution is -0.137. The second-order valence-electron chi connectivity index (χ2n) is 4.71. The van der Waals surface area contributed by atoms with Crippen LogP contribution in [-0.2, 0) is 24.2 Å². The molecule has 5 heteroatoms. The van der Waals surface area contributed by atoms with E-state index in [-0.39, 0.29) is 6.42 Å². The minimum absolute atomic E-state index is 0.128. The van der Waals surface area contributed by atoms with Crippen LogP contribution in [-0.4, -0.2) is 25.6 Å². The number of fused-ring (bicyclic) bond motifs is 1. The number of rotatable bonds is 4. The molecule has 0 aromatic carbocycles. The summed E-state index contributed by atoms with van der Waals surface area (Å²) in [5.41, 5.74) is 3.19. The van der Waals surface area contributed by atoms with E-state index in [9.17, 15) is 4.79 Å². The topological polar surface area (TPSA) is 68.0 Å². The number of imidazole rings is 1. The van der Waals surface area contributed by atoms with Crippen molar-refractivity contribution in [1.29, 1.82) is 0 Å². The first-order chi connectivity index (χ1) is 9.25. The van der Waals surface area contributed by atoms with Crippen LogP contribution in [0.15, 0.2) is 24.5 Å². The van der Waals surface area contributed by atoms with E-state index in [4.69, 9.17) is 5.11 Å². The number of aryl methyl sites for hydroxylation is 1. The standard InChI is InChI=1S/C14H15N3O2/c18-13(19)6-5-12-16-14(10-3-1-7-15-9-10)11-4-2-8-17(11)12/h1,3,7,9H,2,4-6,8H2,(H,18,19). The summed E-state index contributed by atoms with van der Waals surface area (Å²) in [7, 11) is 0. The van der Waals surface area contributed by atoms with Crippen LogP contribution in [0.5, 0.6) is 0 Å². The summed E-state index contributed by atoms with van der Waals surface area (Å²) < 4.78 is 2.17. The van der Waals surface area contributed by atoms with Gasteiger partial charge in [0.15, 0.2) is 0 Å². The molecule has 1 N–H and O–H groups in total. The molecule has 0 unspecified atom stereocenters. The molecule has 0 atom stereocenters. The Hall–Kier alpha value is -2.17. The van der Waals surface area contributed by atoms with Crippen molar-refractivity contribution in [3.63, 3.8) is 0 Å². The highest BCUT2D eigenvalue weighted by atomic mass is 16.4. The molecular formula is C14H15N3O2. The van der Waals surface area contributed by atoms with Crippen LogP contribution < -0.4 is 0 Å². The third-order valence-corrected chi connectivity index (χ3v) is 3.44. The fourth-order valence-electron chi connectivity index (χ4n) is 2.60. The first-order valence-electron chi connectivity index (χ1n) is 6.46. The second kappa shape index (κ2) is 4.84. The third-order valence-electron chi connectivity index (χ3n) is 3.44. The van der Waals surface area contributed by atoms with Gasteiger partial charge in [0.1, 0.15) is 5.82 Å². The van der Waals surface area contributed by atoms with Crippen molar-refractivity contribution >= 4 is 5.97 Å². The second-order valence-corrected chi connectivity index (χ2v) is 4.71. The maximum absolute atomic E-state index is 10.7. The Morgan fingerprint density at radius 3 is 3.11 bits per heavy atom. The van der Waals surface area contributed by atoms with Crippen molar-refractivity contribution in [2.45, 2.75) is 32.2 Å². The molecule has 3 heterocycles. The SMILES string of the molecule is O=C(O)CCc1nc(-c2cccnc2)c2n1CCC2. The van der Waals surface area contributed by atoms with Crippen molar-refractivity contribution in [2.75, 3.05) is 0 Å². The molecule has 0 spiro atoms. The molecule has 1 aliphatic heterocycles. The maximum atomic E-state index is 10.7. The normalized spacial score (nSPS) is 13.5. The van der Waals surface area contributed by atoms with E-state index in [1.165, 1.54) is 5.69 Å². The molecule has 2 aromatic heterocycles. The van der Waals surface area contributed by atoms with Crippen LogP contribution in [0.25, 0.3) is 11.3 Å². The number of aliphatic carboxylic acids is 1. The fraction of sp³-hybridized carbons (Fsp3) is 0.357. The van der Waals surface area contributed by atoms with Gasteiger partial charge in [-0.15, -0.1) is 0 Å². The number of hydrogen-bond donors (Lipinski definition) is 1. The van der Waals surface area contributed by atoms with E-state index in [2.05, 4.69) is 14.5 Å². The zero-order valence-corrected chi connectivity index (χ0v) is 10.5.